The van der Waals surface area contributed by atoms with Gasteiger partial charge >= 0.3 is 0 Å². The molecule has 0 bridgehead atoms. The van der Waals surface area contributed by atoms with Crippen molar-refractivity contribution in [2.45, 2.75) is 13.3 Å². The second-order valence-corrected chi connectivity index (χ2v) is 2.39. The lowest BCUT2D eigenvalue weighted by Gasteiger charge is -1.95. The number of nitrogens with one attached hydrogen (secondary N) is 1. The van der Waals surface area contributed by atoms with Crippen molar-refractivity contribution in [3.05, 3.63) is 35.3 Å². The van der Waals surface area contributed by atoms with Gasteiger partial charge in [0.2, 0.25) is 0 Å². The molecule has 1 aliphatic rings. The molecule has 2 N–H and O–H groups in total. The maximum Gasteiger partial charge on any atom is 0.112 e. The van der Waals surface area contributed by atoms with Crippen molar-refractivity contribution in [2.75, 3.05) is 0 Å². The van der Waals surface area contributed by atoms with E-state index in [2.05, 4.69) is 5.11 Å². The summed E-state index contributed by atoms with van der Waals surface area (Å²) >= 11 is 0. The Bertz CT molecular complexity index is 261. The van der Waals surface area contributed by atoms with Gasteiger partial charge in [0.05, 0.1) is 5.70 Å². The largest absolute Gasteiger partial charge is 0.508 e. The third kappa shape index (κ3) is 1.77. The van der Waals surface area contributed by atoms with Crippen LogP contribution in [0.15, 0.2) is 40.4 Å². The van der Waals surface area contributed by atoms with Gasteiger partial charge in [0.1, 0.15) is 5.76 Å². The Balaban J connectivity index is 2.97. The molecule has 0 spiro atoms. The first-order valence-electron chi connectivity index (χ1n) is 3.39. The Hall–Kier alpha value is -1.38. The number of rotatable bonds is 1. The maximum absolute atomic E-state index is 9.12. The van der Waals surface area contributed by atoms with Crippen LogP contribution in [0.1, 0.15) is 13.3 Å². The van der Waals surface area contributed by atoms with Crippen molar-refractivity contribution in [3.8, 4) is 0 Å². The topological polar surface area (TPSA) is 56.4 Å². The smallest absolute Gasteiger partial charge is 0.112 e. The fraction of sp³-hybridized carbons (Fsp3) is 0.250. The Morgan fingerprint density at radius 2 is 2.27 bits per heavy atom. The molecular formula is C8H10N2O. The summed E-state index contributed by atoms with van der Waals surface area (Å²) in [6.45, 7) is 1.82. The van der Waals surface area contributed by atoms with Crippen LogP contribution in [0.5, 0.6) is 0 Å². The van der Waals surface area contributed by atoms with Crippen LogP contribution in [-0.4, -0.2) is 5.11 Å². The van der Waals surface area contributed by atoms with Crippen LogP contribution in [0.4, 0.5) is 0 Å². The van der Waals surface area contributed by atoms with E-state index in [-0.39, 0.29) is 5.76 Å². The van der Waals surface area contributed by atoms with Gasteiger partial charge in [-0.15, -0.1) is 0 Å². The van der Waals surface area contributed by atoms with E-state index in [1.807, 2.05) is 13.0 Å². The molecule has 0 atom stereocenters. The SMILES string of the molecule is CC1=CC(O)=CCC=C1N=N. The van der Waals surface area contributed by atoms with Crippen LogP contribution in [0.3, 0.4) is 0 Å². The molecule has 58 valence electrons. The van der Waals surface area contributed by atoms with Gasteiger partial charge in [-0.2, -0.15) is 5.11 Å². The van der Waals surface area contributed by atoms with Crippen molar-refractivity contribution >= 4 is 0 Å². The lowest BCUT2D eigenvalue weighted by Crippen LogP contribution is -1.79. The molecule has 0 aromatic rings. The van der Waals surface area contributed by atoms with Crippen LogP contribution >= 0.6 is 0 Å². The second-order valence-electron chi connectivity index (χ2n) is 2.39. The van der Waals surface area contributed by atoms with E-state index < -0.39 is 0 Å². The van der Waals surface area contributed by atoms with Crippen molar-refractivity contribution < 1.29 is 5.11 Å². The molecule has 3 heteroatoms. The zero-order valence-corrected chi connectivity index (χ0v) is 6.33. The highest BCUT2D eigenvalue weighted by Gasteiger charge is 2.01. The van der Waals surface area contributed by atoms with Crippen LogP contribution < -0.4 is 0 Å². The highest BCUT2D eigenvalue weighted by atomic mass is 16.3. The quantitative estimate of drug-likeness (QED) is 0.555. The van der Waals surface area contributed by atoms with Gasteiger partial charge in [-0.05, 0) is 31.1 Å². The Kier molecular flexibility index (Phi) is 2.21. The normalized spacial score (nSPS) is 17.7. The minimum Gasteiger partial charge on any atom is -0.508 e. The molecule has 1 aliphatic carbocycles. The molecule has 0 radical (unpaired) electrons. The van der Waals surface area contributed by atoms with Gasteiger partial charge in [-0.25, -0.2) is 5.53 Å². The standard InChI is InChI=1S/C8H10N2O/c1-6-5-7(11)3-2-4-8(6)10-9/h3-5,9,11H,2H2,1H3. The molecule has 11 heavy (non-hydrogen) atoms. The van der Waals surface area contributed by atoms with Crippen LogP contribution in [0, 0.1) is 5.53 Å². The van der Waals surface area contributed by atoms with Crippen molar-refractivity contribution in [1.29, 1.82) is 5.53 Å². The van der Waals surface area contributed by atoms with E-state index in [0.29, 0.717) is 12.1 Å². The van der Waals surface area contributed by atoms with Crippen molar-refractivity contribution in [3.63, 3.8) is 0 Å². The minimum absolute atomic E-state index is 0.248. The molecule has 0 aromatic carbocycles. The number of allylic oxidation sites excluding steroid dienone is 4. The minimum atomic E-state index is 0.248. The zero-order chi connectivity index (χ0) is 8.27. The summed E-state index contributed by atoms with van der Waals surface area (Å²) in [5.74, 6) is 0.248. The molecule has 0 heterocycles. The second kappa shape index (κ2) is 3.14. The van der Waals surface area contributed by atoms with E-state index in [1.165, 1.54) is 0 Å². The summed E-state index contributed by atoms with van der Waals surface area (Å²) in [5, 5.41) is 12.4. The number of hydrogen-bond acceptors (Lipinski definition) is 3. The number of aliphatic hydroxyl groups excluding tert-OH is 1. The van der Waals surface area contributed by atoms with E-state index in [0.717, 1.165) is 5.57 Å². The van der Waals surface area contributed by atoms with Crippen molar-refractivity contribution in [2.24, 2.45) is 5.11 Å². The first kappa shape index (κ1) is 7.72. The summed E-state index contributed by atoms with van der Waals surface area (Å²) in [7, 11) is 0. The highest BCUT2D eigenvalue weighted by molar-refractivity contribution is 5.35. The van der Waals surface area contributed by atoms with Crippen LogP contribution in [0.2, 0.25) is 0 Å². The summed E-state index contributed by atoms with van der Waals surface area (Å²) in [6.07, 6.45) is 5.73. The molecule has 0 saturated heterocycles. The fourth-order valence-corrected chi connectivity index (χ4v) is 0.941. The number of nitrogens with zero attached hydrogens (tertiary/aromatic N) is 1. The van der Waals surface area contributed by atoms with Gasteiger partial charge < -0.3 is 5.11 Å². The van der Waals surface area contributed by atoms with Gasteiger partial charge in [-0.1, -0.05) is 6.08 Å². The molecule has 0 aromatic heterocycles. The summed E-state index contributed by atoms with van der Waals surface area (Å²) in [5.41, 5.74) is 8.26. The number of aliphatic hydroxyl groups is 1. The monoisotopic (exact) mass is 150 g/mol. The van der Waals surface area contributed by atoms with Gasteiger partial charge in [-0.3, -0.25) is 0 Å². The predicted octanol–water partition coefficient (Wildman–Crippen LogP) is 2.69. The van der Waals surface area contributed by atoms with Gasteiger partial charge in [0.25, 0.3) is 0 Å². The molecule has 0 fully saturated rings. The molecule has 3 nitrogen and oxygen atoms in total. The Labute approximate surface area is 65.3 Å². The van der Waals surface area contributed by atoms with E-state index >= 15 is 0 Å². The Morgan fingerprint density at radius 3 is 2.91 bits per heavy atom. The molecule has 0 aliphatic heterocycles. The summed E-state index contributed by atoms with van der Waals surface area (Å²) < 4.78 is 0. The summed E-state index contributed by atoms with van der Waals surface area (Å²) in [4.78, 5) is 0. The van der Waals surface area contributed by atoms with E-state index in [9.17, 15) is 0 Å². The summed E-state index contributed by atoms with van der Waals surface area (Å²) in [6, 6.07) is 0. The first-order chi connectivity index (χ1) is 5.24. The van der Waals surface area contributed by atoms with Gasteiger partial charge in [0, 0.05) is 0 Å². The first-order valence-corrected chi connectivity index (χ1v) is 3.39. The molecule has 0 unspecified atom stereocenters. The highest BCUT2D eigenvalue weighted by Crippen LogP contribution is 2.17. The lowest BCUT2D eigenvalue weighted by atomic mass is 10.2. The van der Waals surface area contributed by atoms with Crippen LogP contribution in [-0.2, 0) is 0 Å². The van der Waals surface area contributed by atoms with E-state index in [1.54, 1.807) is 12.2 Å². The average molecular weight is 150 g/mol. The molecule has 0 amide bonds. The molecule has 0 saturated carbocycles. The zero-order valence-electron chi connectivity index (χ0n) is 6.33. The third-order valence-corrected chi connectivity index (χ3v) is 1.53. The molecular weight excluding hydrogens is 140 g/mol. The fourth-order valence-electron chi connectivity index (χ4n) is 0.941. The maximum atomic E-state index is 9.12. The molecule has 1 rings (SSSR count). The lowest BCUT2D eigenvalue weighted by molar-refractivity contribution is 0.430. The van der Waals surface area contributed by atoms with Crippen LogP contribution in [0.25, 0.3) is 0 Å². The third-order valence-electron chi connectivity index (χ3n) is 1.53. The predicted molar refractivity (Wildman–Crippen MR) is 42.3 cm³/mol. The number of hydrogen-bond donors (Lipinski definition) is 2. The van der Waals surface area contributed by atoms with Gasteiger partial charge in [0.15, 0.2) is 0 Å². The van der Waals surface area contributed by atoms with E-state index in [4.69, 9.17) is 10.6 Å². The Morgan fingerprint density at radius 1 is 1.55 bits per heavy atom. The average Bonchev–Trinajstić information content (AvgIpc) is 2.11. The van der Waals surface area contributed by atoms with Crippen molar-refractivity contribution in [1.82, 2.24) is 0 Å².